The number of hydrogen-bond donors (Lipinski definition) is 7. The Balaban J connectivity index is 1.29. The van der Waals surface area contributed by atoms with Crippen molar-refractivity contribution in [3.8, 4) is 16.9 Å². The minimum absolute atomic E-state index is 0.0212. The monoisotopic (exact) mass is 708 g/mol. The van der Waals surface area contributed by atoms with Crippen LogP contribution in [0.2, 0.25) is 0 Å². The number of thiophene rings is 1. The Bertz CT molecular complexity index is 1930. The zero-order chi connectivity index (χ0) is 35.0. The van der Waals surface area contributed by atoms with E-state index in [0.29, 0.717) is 26.0 Å². The number of carboxylic acid groups (broad SMARTS) is 1. The third kappa shape index (κ3) is 9.16. The van der Waals surface area contributed by atoms with Crippen LogP contribution in [0.5, 0.6) is 5.75 Å². The first-order valence-corrected chi connectivity index (χ1v) is 18.2. The molecule has 1 amide bonds. The molecule has 0 fully saturated rings. The van der Waals surface area contributed by atoms with Crippen LogP contribution in [-0.4, -0.2) is 67.3 Å². The molecule has 3 heterocycles. The number of aliphatic carboxylic acids is 1. The summed E-state index contributed by atoms with van der Waals surface area (Å²) in [6.45, 7) is 4.04. The van der Waals surface area contributed by atoms with E-state index in [2.05, 4.69) is 30.5 Å². The van der Waals surface area contributed by atoms with Gasteiger partial charge in [-0.1, -0.05) is 18.2 Å². The highest BCUT2D eigenvalue weighted by Crippen LogP contribution is 2.39. The van der Waals surface area contributed by atoms with Crippen LogP contribution in [-0.2, 0) is 34.2 Å². The van der Waals surface area contributed by atoms with Crippen molar-refractivity contribution in [2.45, 2.75) is 56.5 Å². The highest BCUT2D eigenvalue weighted by Gasteiger charge is 2.29. The molecule has 16 heteroatoms. The van der Waals surface area contributed by atoms with Gasteiger partial charge in [0.15, 0.2) is 5.96 Å². The summed E-state index contributed by atoms with van der Waals surface area (Å²) in [5.41, 5.74) is 16.3. The molecule has 1 aliphatic heterocycles. The van der Waals surface area contributed by atoms with Crippen molar-refractivity contribution in [2.24, 2.45) is 16.5 Å². The number of aromatic nitrogens is 2. The number of aryl methyl sites for hydroxylation is 2. The summed E-state index contributed by atoms with van der Waals surface area (Å²) >= 11 is 0.988. The zero-order valence-electron chi connectivity index (χ0n) is 27.0. The van der Waals surface area contributed by atoms with Gasteiger partial charge in [0.1, 0.15) is 21.6 Å². The second-order valence-corrected chi connectivity index (χ2v) is 14.2. The topological polar surface area (TPSA) is 227 Å². The fourth-order valence-electron chi connectivity index (χ4n) is 5.51. The van der Waals surface area contributed by atoms with Gasteiger partial charge in [-0.15, -0.1) is 11.3 Å². The molecule has 4 aromatic rings. The van der Waals surface area contributed by atoms with Gasteiger partial charge < -0.3 is 31.9 Å². The predicted molar refractivity (Wildman–Crippen MR) is 188 cm³/mol. The van der Waals surface area contributed by atoms with Crippen LogP contribution in [0.15, 0.2) is 63.9 Å². The number of benzene rings is 2. The molecule has 1 atom stereocenters. The quantitative estimate of drug-likeness (QED) is 0.0482. The number of nitrogens with zero attached hydrogens (tertiary/aromatic N) is 2. The number of aromatic amines is 1. The Morgan fingerprint density at radius 1 is 1.16 bits per heavy atom. The lowest BCUT2D eigenvalue weighted by Gasteiger charge is -2.16. The van der Waals surface area contributed by atoms with Gasteiger partial charge in [-0.05, 0) is 96.6 Å². The molecule has 0 unspecified atom stereocenters. The Morgan fingerprint density at radius 3 is 2.76 bits per heavy atom. The van der Waals surface area contributed by atoms with Crippen LogP contribution < -0.4 is 31.6 Å². The molecule has 1 aliphatic rings. The average Bonchev–Trinajstić information content (AvgIpc) is 3.83. The van der Waals surface area contributed by atoms with Crippen LogP contribution in [0.25, 0.3) is 11.1 Å². The fraction of sp³-hybridized carbons (Fsp3) is 0.333. The Morgan fingerprint density at radius 2 is 2.00 bits per heavy atom. The maximum absolute atomic E-state index is 13.9. The van der Waals surface area contributed by atoms with E-state index in [0.717, 1.165) is 58.7 Å². The fourth-order valence-corrected chi connectivity index (χ4v) is 7.62. The minimum atomic E-state index is -4.24. The minimum Gasteiger partial charge on any atom is -0.492 e. The smallest absolute Gasteiger partial charge is 0.326 e. The van der Waals surface area contributed by atoms with Crippen LogP contribution >= 0.6 is 11.3 Å². The number of carbonyl (C=O) groups is 2. The molecule has 260 valence electrons. The zero-order valence-corrected chi connectivity index (χ0v) is 28.6. The lowest BCUT2D eigenvalue weighted by Crippen LogP contribution is -2.40. The SMILES string of the molecule is Cc1[nH]ncc1CCCNCc1cccc(-c2cc3c(c(S(=O)(=O)Nc4ccsc4C(=O)N[C@@H](CCCN=C(N)N)C(=O)O)c2)OCC3)c1. The van der Waals surface area contributed by atoms with Gasteiger partial charge in [0, 0.05) is 25.2 Å². The standard InChI is InChI=1S/C33H40N8O6S2/c1-20-24(19-38-40-20)7-3-11-36-18-21-5-2-6-22(15-21)25-16-23-9-13-47-29(23)28(17-25)49(45,46)41-26-10-14-48-30(26)31(42)39-27(32(43)44)8-4-12-37-33(34)35/h2,5-6,10,14-17,19,27,36,41H,3-4,7-9,11-13,18H2,1H3,(H,38,40)(H,39,42)(H,43,44)(H4,34,35,37)/t27-/m0/s1. The molecule has 0 radical (unpaired) electrons. The van der Waals surface area contributed by atoms with Crippen molar-refractivity contribution < 1.29 is 27.9 Å². The van der Waals surface area contributed by atoms with E-state index in [4.69, 9.17) is 16.2 Å². The molecule has 9 N–H and O–H groups in total. The normalized spacial score (nSPS) is 12.9. The number of anilines is 1. The summed E-state index contributed by atoms with van der Waals surface area (Å²) in [5.74, 6) is -1.80. The van der Waals surface area contributed by atoms with Crippen molar-refractivity contribution >= 4 is 44.9 Å². The molecule has 49 heavy (non-hydrogen) atoms. The average molecular weight is 709 g/mol. The van der Waals surface area contributed by atoms with Crippen LogP contribution in [0.3, 0.4) is 0 Å². The van der Waals surface area contributed by atoms with Gasteiger partial charge in [-0.2, -0.15) is 5.10 Å². The third-order valence-electron chi connectivity index (χ3n) is 8.03. The first-order valence-electron chi connectivity index (χ1n) is 15.8. The number of nitrogens with two attached hydrogens (primary N) is 2. The Kier molecular flexibility index (Phi) is 11.5. The third-order valence-corrected chi connectivity index (χ3v) is 10.3. The lowest BCUT2D eigenvalue weighted by molar-refractivity contribution is -0.139. The van der Waals surface area contributed by atoms with Gasteiger partial charge in [-0.3, -0.25) is 19.6 Å². The molecule has 2 aromatic heterocycles. The molecule has 0 spiro atoms. The van der Waals surface area contributed by atoms with Crippen molar-refractivity contribution in [2.75, 3.05) is 24.4 Å². The summed E-state index contributed by atoms with van der Waals surface area (Å²) < 4.78 is 36.1. The largest absolute Gasteiger partial charge is 0.492 e. The Labute approximate surface area is 288 Å². The lowest BCUT2D eigenvalue weighted by atomic mass is 10.00. The van der Waals surface area contributed by atoms with E-state index in [-0.39, 0.29) is 40.1 Å². The number of aliphatic imine (C=N–C) groups is 1. The number of hydrogen-bond acceptors (Lipinski definition) is 9. The van der Waals surface area contributed by atoms with Crippen LogP contribution in [0.1, 0.15) is 51.3 Å². The second kappa shape index (κ2) is 16.0. The molecule has 0 saturated heterocycles. The summed E-state index contributed by atoms with van der Waals surface area (Å²) in [6.07, 6.45) is 4.69. The number of guanidine groups is 1. The number of carbonyl (C=O) groups excluding carboxylic acids is 1. The first-order chi connectivity index (χ1) is 23.5. The summed E-state index contributed by atoms with van der Waals surface area (Å²) in [4.78, 5) is 28.8. The number of H-pyrrole nitrogens is 1. The van der Waals surface area contributed by atoms with E-state index in [1.54, 1.807) is 11.4 Å². The molecule has 0 bridgehead atoms. The van der Waals surface area contributed by atoms with E-state index < -0.39 is 27.9 Å². The van der Waals surface area contributed by atoms with Gasteiger partial charge in [-0.25, -0.2) is 13.2 Å². The number of ether oxygens (including phenoxy) is 1. The predicted octanol–water partition coefficient (Wildman–Crippen LogP) is 3.14. The first kappa shape index (κ1) is 35.4. The number of carboxylic acids is 1. The molecular weight excluding hydrogens is 669 g/mol. The van der Waals surface area contributed by atoms with Crippen molar-refractivity contribution in [3.05, 3.63) is 81.3 Å². The number of rotatable bonds is 17. The van der Waals surface area contributed by atoms with Gasteiger partial charge in [0.2, 0.25) is 0 Å². The molecule has 14 nitrogen and oxygen atoms in total. The summed E-state index contributed by atoms with van der Waals surface area (Å²) in [7, 11) is -4.24. The number of fused-ring (bicyclic) bond motifs is 1. The van der Waals surface area contributed by atoms with Crippen LogP contribution in [0, 0.1) is 6.92 Å². The molecular formula is C33H40N8O6S2. The maximum atomic E-state index is 13.9. The molecule has 0 aliphatic carbocycles. The highest BCUT2D eigenvalue weighted by molar-refractivity contribution is 7.92. The molecule has 0 saturated carbocycles. The van der Waals surface area contributed by atoms with E-state index in [9.17, 15) is 23.1 Å². The number of amides is 1. The second-order valence-electron chi connectivity index (χ2n) is 11.6. The van der Waals surface area contributed by atoms with Crippen molar-refractivity contribution in [1.29, 1.82) is 0 Å². The van der Waals surface area contributed by atoms with E-state index in [1.807, 2.05) is 43.5 Å². The van der Waals surface area contributed by atoms with Crippen molar-refractivity contribution in [1.82, 2.24) is 20.8 Å². The van der Waals surface area contributed by atoms with Crippen molar-refractivity contribution in [3.63, 3.8) is 0 Å². The summed E-state index contributed by atoms with van der Waals surface area (Å²) in [6, 6.07) is 11.7. The van der Waals surface area contributed by atoms with Gasteiger partial charge in [0.05, 0.1) is 18.5 Å². The number of sulfonamides is 1. The highest BCUT2D eigenvalue weighted by atomic mass is 32.2. The summed E-state index contributed by atoms with van der Waals surface area (Å²) in [5, 5.41) is 24.2. The molecule has 2 aromatic carbocycles. The van der Waals surface area contributed by atoms with Crippen LogP contribution in [0.4, 0.5) is 5.69 Å². The van der Waals surface area contributed by atoms with E-state index in [1.165, 1.54) is 11.6 Å². The Hall–Kier alpha value is -4.93. The van der Waals surface area contributed by atoms with Gasteiger partial charge in [0.25, 0.3) is 15.9 Å². The van der Waals surface area contributed by atoms with E-state index >= 15 is 0 Å². The molecule has 5 rings (SSSR count). The number of nitrogens with one attached hydrogen (secondary N) is 4. The van der Waals surface area contributed by atoms with Gasteiger partial charge >= 0.3 is 5.97 Å². The maximum Gasteiger partial charge on any atom is 0.326 e.